The first-order valence-corrected chi connectivity index (χ1v) is 7.79. The molecular formula is C16H12N4O3S. The summed E-state index contributed by atoms with van der Waals surface area (Å²) in [6.07, 6.45) is 2.92. The van der Waals surface area contributed by atoms with E-state index in [1.165, 1.54) is 24.5 Å². The lowest BCUT2D eigenvalue weighted by atomic mass is 10.2. The number of aliphatic imine (C=N–C) groups is 1. The molecule has 2 aromatic rings. The first kappa shape index (κ1) is 15.9. The standard InChI is InChI=1S/C16H12N4O3S/c1-10-2-4-12(5-3-10)18-16-20(14(22)15(23)24-16)19-13(21)11-6-8-17-9-7-11/h2-9H,1H3,(H,19,21). The third kappa shape index (κ3) is 3.33. The number of aryl methyl sites for hydroxylation is 1. The molecule has 7 nitrogen and oxygen atoms in total. The van der Waals surface area contributed by atoms with Crippen LogP contribution in [0.5, 0.6) is 0 Å². The van der Waals surface area contributed by atoms with E-state index in [2.05, 4.69) is 15.4 Å². The number of hydrazine groups is 1. The van der Waals surface area contributed by atoms with E-state index >= 15 is 0 Å². The van der Waals surface area contributed by atoms with Crippen LogP contribution in [0.15, 0.2) is 53.8 Å². The summed E-state index contributed by atoms with van der Waals surface area (Å²) in [6.45, 7) is 1.94. The van der Waals surface area contributed by atoms with Crippen LogP contribution in [0.4, 0.5) is 5.69 Å². The number of carbonyl (C=O) groups is 3. The quantitative estimate of drug-likeness (QED) is 0.861. The van der Waals surface area contributed by atoms with Crippen molar-refractivity contribution in [3.05, 3.63) is 59.9 Å². The highest BCUT2D eigenvalue weighted by Gasteiger charge is 2.38. The summed E-state index contributed by atoms with van der Waals surface area (Å²) in [4.78, 5) is 43.9. The van der Waals surface area contributed by atoms with Crippen molar-refractivity contribution >= 4 is 39.5 Å². The fraction of sp³-hybridized carbons (Fsp3) is 0.0625. The second kappa shape index (κ2) is 6.63. The van der Waals surface area contributed by atoms with Crippen molar-refractivity contribution in [2.75, 3.05) is 0 Å². The van der Waals surface area contributed by atoms with Crippen molar-refractivity contribution in [3.63, 3.8) is 0 Å². The molecule has 1 aliphatic heterocycles. The van der Waals surface area contributed by atoms with E-state index in [4.69, 9.17) is 0 Å². The average Bonchev–Trinajstić information content (AvgIpc) is 2.85. The maximum Gasteiger partial charge on any atom is 0.326 e. The van der Waals surface area contributed by atoms with Crippen LogP contribution in [0.25, 0.3) is 0 Å². The maximum atomic E-state index is 12.2. The van der Waals surface area contributed by atoms with Crippen molar-refractivity contribution in [1.29, 1.82) is 0 Å². The Hall–Kier alpha value is -3.00. The SMILES string of the molecule is Cc1ccc(N=C2SC(=O)C(=O)N2NC(=O)c2ccncc2)cc1. The molecule has 1 fully saturated rings. The first-order chi connectivity index (χ1) is 11.5. The van der Waals surface area contributed by atoms with Gasteiger partial charge in [-0.1, -0.05) is 17.7 Å². The Labute approximate surface area is 141 Å². The van der Waals surface area contributed by atoms with Crippen LogP contribution in [0.3, 0.4) is 0 Å². The predicted molar refractivity (Wildman–Crippen MR) is 89.4 cm³/mol. The van der Waals surface area contributed by atoms with Crippen LogP contribution in [-0.2, 0) is 9.59 Å². The second-order valence-electron chi connectivity index (χ2n) is 4.94. The Kier molecular flexibility index (Phi) is 4.39. The van der Waals surface area contributed by atoms with E-state index in [1.54, 1.807) is 12.1 Å². The number of rotatable bonds is 3. The van der Waals surface area contributed by atoms with Crippen molar-refractivity contribution < 1.29 is 14.4 Å². The number of amides is 2. The van der Waals surface area contributed by atoms with Crippen LogP contribution in [-0.4, -0.2) is 32.1 Å². The number of hydrogen-bond acceptors (Lipinski definition) is 6. The van der Waals surface area contributed by atoms with Crippen LogP contribution >= 0.6 is 11.8 Å². The number of aromatic nitrogens is 1. The monoisotopic (exact) mass is 340 g/mol. The lowest BCUT2D eigenvalue weighted by Gasteiger charge is -2.16. The van der Waals surface area contributed by atoms with Gasteiger partial charge in [0.25, 0.3) is 11.0 Å². The van der Waals surface area contributed by atoms with Gasteiger partial charge in [0.1, 0.15) is 0 Å². The van der Waals surface area contributed by atoms with Crippen molar-refractivity contribution in [2.45, 2.75) is 6.92 Å². The molecular weight excluding hydrogens is 328 g/mol. The molecule has 1 aromatic heterocycles. The van der Waals surface area contributed by atoms with Gasteiger partial charge in [-0.25, -0.2) is 4.99 Å². The lowest BCUT2D eigenvalue weighted by molar-refractivity contribution is -0.137. The van der Waals surface area contributed by atoms with Gasteiger partial charge in [-0.2, -0.15) is 5.01 Å². The number of nitrogens with one attached hydrogen (secondary N) is 1. The van der Waals surface area contributed by atoms with Crippen LogP contribution in [0, 0.1) is 6.92 Å². The molecule has 0 aliphatic carbocycles. The molecule has 0 atom stereocenters. The highest BCUT2D eigenvalue weighted by Crippen LogP contribution is 2.24. The van der Waals surface area contributed by atoms with Crippen LogP contribution < -0.4 is 5.43 Å². The smallest absolute Gasteiger partial charge is 0.275 e. The highest BCUT2D eigenvalue weighted by molar-refractivity contribution is 8.28. The van der Waals surface area contributed by atoms with Crippen molar-refractivity contribution in [2.24, 2.45) is 4.99 Å². The van der Waals surface area contributed by atoms with E-state index in [-0.39, 0.29) is 5.17 Å². The molecule has 24 heavy (non-hydrogen) atoms. The minimum absolute atomic E-state index is 0.108. The average molecular weight is 340 g/mol. The summed E-state index contributed by atoms with van der Waals surface area (Å²) >= 11 is 0.678. The molecule has 3 rings (SSSR count). The molecule has 0 saturated carbocycles. The Bertz CT molecular complexity index is 834. The van der Waals surface area contributed by atoms with Gasteiger partial charge >= 0.3 is 5.91 Å². The van der Waals surface area contributed by atoms with Crippen molar-refractivity contribution in [1.82, 2.24) is 15.4 Å². The zero-order valence-electron chi connectivity index (χ0n) is 12.6. The summed E-state index contributed by atoms with van der Waals surface area (Å²) < 4.78 is 0. The van der Waals surface area contributed by atoms with E-state index in [9.17, 15) is 14.4 Å². The normalized spacial score (nSPS) is 15.9. The Balaban J connectivity index is 1.86. The van der Waals surface area contributed by atoms with Gasteiger partial charge in [-0.15, -0.1) is 0 Å². The van der Waals surface area contributed by atoms with E-state index in [0.29, 0.717) is 23.0 Å². The zero-order chi connectivity index (χ0) is 17.1. The van der Waals surface area contributed by atoms with E-state index in [0.717, 1.165) is 10.6 Å². The molecule has 2 amide bonds. The zero-order valence-corrected chi connectivity index (χ0v) is 13.4. The molecule has 1 aromatic carbocycles. The van der Waals surface area contributed by atoms with Gasteiger partial charge in [0.15, 0.2) is 5.17 Å². The summed E-state index contributed by atoms with van der Waals surface area (Å²) in [5.74, 6) is -1.37. The lowest BCUT2D eigenvalue weighted by Crippen LogP contribution is -2.46. The fourth-order valence-electron chi connectivity index (χ4n) is 1.92. The molecule has 0 unspecified atom stereocenters. The molecule has 2 heterocycles. The van der Waals surface area contributed by atoms with E-state index in [1.807, 2.05) is 19.1 Å². The highest BCUT2D eigenvalue weighted by atomic mass is 32.2. The molecule has 0 spiro atoms. The fourth-order valence-corrected chi connectivity index (χ4v) is 2.64. The largest absolute Gasteiger partial charge is 0.326 e. The molecule has 0 bridgehead atoms. The summed E-state index contributed by atoms with van der Waals surface area (Å²) in [6, 6.07) is 10.3. The second-order valence-corrected chi connectivity index (χ2v) is 5.88. The molecule has 1 aliphatic rings. The Morgan fingerprint density at radius 1 is 1.12 bits per heavy atom. The third-order valence-electron chi connectivity index (χ3n) is 3.17. The van der Waals surface area contributed by atoms with Crippen molar-refractivity contribution in [3.8, 4) is 0 Å². The third-order valence-corrected chi connectivity index (χ3v) is 3.98. The summed E-state index contributed by atoms with van der Waals surface area (Å²) in [5.41, 5.74) is 4.36. The molecule has 8 heteroatoms. The number of amidine groups is 1. The van der Waals surface area contributed by atoms with Gasteiger partial charge in [-0.05, 0) is 43.0 Å². The number of nitrogens with zero attached hydrogens (tertiary/aromatic N) is 3. The van der Waals surface area contributed by atoms with Gasteiger partial charge in [0.2, 0.25) is 0 Å². The van der Waals surface area contributed by atoms with Crippen LogP contribution in [0.1, 0.15) is 15.9 Å². The minimum Gasteiger partial charge on any atom is -0.275 e. The van der Waals surface area contributed by atoms with Gasteiger partial charge in [-0.3, -0.25) is 24.8 Å². The van der Waals surface area contributed by atoms with Crippen LogP contribution in [0.2, 0.25) is 0 Å². The molecule has 1 N–H and O–H groups in total. The maximum absolute atomic E-state index is 12.2. The number of hydrogen-bond donors (Lipinski definition) is 1. The van der Waals surface area contributed by atoms with Gasteiger partial charge in [0, 0.05) is 18.0 Å². The minimum atomic E-state index is -0.840. The Morgan fingerprint density at radius 2 is 1.79 bits per heavy atom. The molecule has 120 valence electrons. The molecule has 0 radical (unpaired) electrons. The number of pyridine rings is 1. The topological polar surface area (TPSA) is 91.7 Å². The first-order valence-electron chi connectivity index (χ1n) is 6.97. The number of benzene rings is 1. The van der Waals surface area contributed by atoms with Gasteiger partial charge in [0.05, 0.1) is 5.69 Å². The van der Waals surface area contributed by atoms with E-state index < -0.39 is 16.9 Å². The predicted octanol–water partition coefficient (Wildman–Crippen LogP) is 1.82. The number of carbonyl (C=O) groups excluding carboxylic acids is 3. The summed E-state index contributed by atoms with van der Waals surface area (Å²) in [7, 11) is 0. The Morgan fingerprint density at radius 3 is 2.46 bits per heavy atom. The summed E-state index contributed by atoms with van der Waals surface area (Å²) in [5, 5.41) is 0.280. The molecule has 1 saturated heterocycles. The number of thioether (sulfide) groups is 1. The van der Waals surface area contributed by atoms with Gasteiger partial charge < -0.3 is 0 Å².